The molecule has 1 amide bonds. The Labute approximate surface area is 204 Å². The van der Waals surface area contributed by atoms with E-state index in [0.29, 0.717) is 11.3 Å². The van der Waals surface area contributed by atoms with Gasteiger partial charge in [-0.05, 0) is 60.9 Å². The molecule has 1 aliphatic rings. The van der Waals surface area contributed by atoms with E-state index in [1.54, 1.807) is 36.4 Å². The molecule has 0 radical (unpaired) electrons. The molecule has 0 spiro atoms. The molecule has 0 saturated heterocycles. The number of aliphatic hydroxyl groups is 1. The van der Waals surface area contributed by atoms with Crippen molar-refractivity contribution in [3.05, 3.63) is 106 Å². The van der Waals surface area contributed by atoms with Crippen LogP contribution in [0.1, 0.15) is 40.0 Å². The summed E-state index contributed by atoms with van der Waals surface area (Å²) in [6.07, 6.45) is 0.795. The van der Waals surface area contributed by atoms with Crippen LogP contribution in [0, 0.1) is 6.92 Å². The van der Waals surface area contributed by atoms with Crippen molar-refractivity contribution in [1.29, 1.82) is 0 Å². The molecule has 35 heavy (non-hydrogen) atoms. The topological polar surface area (TPSA) is 101 Å². The van der Waals surface area contributed by atoms with Gasteiger partial charge in [0.1, 0.15) is 10.9 Å². The van der Waals surface area contributed by atoms with E-state index >= 15 is 0 Å². The molecule has 0 aromatic heterocycles. The summed E-state index contributed by atoms with van der Waals surface area (Å²) >= 11 is 0. The molecule has 0 unspecified atom stereocenters. The zero-order valence-electron chi connectivity index (χ0n) is 19.6. The average Bonchev–Trinajstić information content (AvgIpc) is 3.14. The third kappa shape index (κ3) is 4.33. The van der Waals surface area contributed by atoms with Crippen LogP contribution >= 0.6 is 0 Å². The Kier molecular flexibility index (Phi) is 6.49. The maximum atomic E-state index is 13.7. The summed E-state index contributed by atoms with van der Waals surface area (Å²) in [6.45, 7) is 3.83. The van der Waals surface area contributed by atoms with Crippen molar-refractivity contribution in [2.24, 2.45) is 0 Å². The maximum Gasteiger partial charge on any atom is 0.337 e. The number of ether oxygens (including phenoxy) is 1. The monoisotopic (exact) mass is 491 g/mol. The van der Waals surface area contributed by atoms with E-state index in [4.69, 9.17) is 4.74 Å². The summed E-state index contributed by atoms with van der Waals surface area (Å²) in [5.41, 5.74) is 3.05. The normalized spacial score (nSPS) is 16.0. The Morgan fingerprint density at radius 3 is 2.11 bits per heavy atom. The van der Waals surface area contributed by atoms with Crippen LogP contribution in [-0.2, 0) is 25.8 Å². The third-order valence-electron chi connectivity index (χ3n) is 6.05. The number of esters is 1. The average molecular weight is 492 g/mol. The molecule has 1 aliphatic heterocycles. The number of nitrogens with zero attached hydrogens (tertiary/aromatic N) is 1. The van der Waals surface area contributed by atoms with E-state index < -0.39 is 38.4 Å². The molecule has 1 heterocycles. The molecule has 4 rings (SSSR count). The quantitative estimate of drug-likeness (QED) is 0.503. The SMILES string of the molecule is CCc1ccc(N2C(=O)C(O)=C(S(=O)(=O)c3ccc(C)cc3)[C@H]2c2ccc(C(=O)OC)cc2)cc1. The van der Waals surface area contributed by atoms with E-state index in [2.05, 4.69) is 0 Å². The predicted octanol–water partition coefficient (Wildman–Crippen LogP) is 4.68. The van der Waals surface area contributed by atoms with Gasteiger partial charge in [0, 0.05) is 5.69 Å². The van der Waals surface area contributed by atoms with Crippen LogP contribution in [0.5, 0.6) is 0 Å². The first-order valence-electron chi connectivity index (χ1n) is 11.0. The van der Waals surface area contributed by atoms with Crippen LogP contribution in [0.4, 0.5) is 5.69 Å². The van der Waals surface area contributed by atoms with E-state index in [1.807, 2.05) is 26.0 Å². The highest BCUT2D eigenvalue weighted by Gasteiger charge is 2.47. The number of hydrogen-bond donors (Lipinski definition) is 1. The van der Waals surface area contributed by atoms with Gasteiger partial charge in [-0.2, -0.15) is 0 Å². The summed E-state index contributed by atoms with van der Waals surface area (Å²) in [5, 5.41) is 10.9. The molecule has 3 aromatic carbocycles. The highest BCUT2D eigenvalue weighted by atomic mass is 32.2. The van der Waals surface area contributed by atoms with E-state index in [9.17, 15) is 23.1 Å². The van der Waals surface area contributed by atoms with Crippen molar-refractivity contribution in [2.45, 2.75) is 31.2 Å². The van der Waals surface area contributed by atoms with Crippen molar-refractivity contribution in [3.8, 4) is 0 Å². The van der Waals surface area contributed by atoms with Crippen molar-refractivity contribution < 1.29 is 27.9 Å². The van der Waals surface area contributed by atoms with Crippen LogP contribution in [0.25, 0.3) is 0 Å². The van der Waals surface area contributed by atoms with Crippen LogP contribution in [-0.4, -0.2) is 32.5 Å². The molecule has 0 bridgehead atoms. The van der Waals surface area contributed by atoms with Gasteiger partial charge in [-0.3, -0.25) is 9.69 Å². The lowest BCUT2D eigenvalue weighted by molar-refractivity contribution is -0.117. The Bertz CT molecular complexity index is 1410. The number of carbonyl (C=O) groups is 2. The standard InChI is InChI=1S/C27H25NO6S/c1-4-18-7-13-21(14-8-18)28-23(19-9-11-20(12-10-19)27(31)34-3)25(24(29)26(28)30)35(32,33)22-15-5-17(2)6-16-22/h5-16,23,29H,4H2,1-3H3/t23-/m1/s1. The van der Waals surface area contributed by atoms with Gasteiger partial charge in [0.25, 0.3) is 5.91 Å². The van der Waals surface area contributed by atoms with Crippen molar-refractivity contribution in [2.75, 3.05) is 12.0 Å². The molecule has 180 valence electrons. The first-order chi connectivity index (χ1) is 16.7. The third-order valence-corrected chi connectivity index (χ3v) is 7.94. The Balaban J connectivity index is 1.90. The number of anilines is 1. The zero-order valence-corrected chi connectivity index (χ0v) is 20.4. The minimum Gasteiger partial charge on any atom is -0.502 e. The second-order valence-corrected chi connectivity index (χ2v) is 10.2. The van der Waals surface area contributed by atoms with Gasteiger partial charge < -0.3 is 9.84 Å². The number of aliphatic hydroxyl groups excluding tert-OH is 1. The van der Waals surface area contributed by atoms with Gasteiger partial charge in [0.05, 0.1) is 17.6 Å². The number of amides is 1. The van der Waals surface area contributed by atoms with E-state index in [1.165, 1.54) is 36.3 Å². The van der Waals surface area contributed by atoms with Crippen LogP contribution in [0.15, 0.2) is 88.4 Å². The first kappa shape index (κ1) is 24.2. The molecule has 0 fully saturated rings. The Morgan fingerprint density at radius 1 is 0.971 bits per heavy atom. The smallest absolute Gasteiger partial charge is 0.337 e. The molecule has 0 aliphatic carbocycles. The van der Waals surface area contributed by atoms with Gasteiger partial charge in [0.2, 0.25) is 9.84 Å². The summed E-state index contributed by atoms with van der Waals surface area (Å²) in [6, 6.07) is 18.3. The van der Waals surface area contributed by atoms with Crippen LogP contribution < -0.4 is 4.90 Å². The van der Waals surface area contributed by atoms with Gasteiger partial charge in [0.15, 0.2) is 5.76 Å². The number of methoxy groups -OCH3 is 1. The highest BCUT2D eigenvalue weighted by molar-refractivity contribution is 7.95. The summed E-state index contributed by atoms with van der Waals surface area (Å²) in [4.78, 5) is 26.0. The molecule has 1 atom stereocenters. The molecule has 7 nitrogen and oxygen atoms in total. The fourth-order valence-corrected chi connectivity index (χ4v) is 5.71. The molecule has 8 heteroatoms. The lowest BCUT2D eigenvalue weighted by Crippen LogP contribution is -2.31. The minimum absolute atomic E-state index is 0.0307. The molecular formula is C27H25NO6S. The number of rotatable bonds is 6. The maximum absolute atomic E-state index is 13.7. The van der Waals surface area contributed by atoms with Crippen molar-refractivity contribution in [3.63, 3.8) is 0 Å². The first-order valence-corrected chi connectivity index (χ1v) is 12.5. The second kappa shape index (κ2) is 9.38. The van der Waals surface area contributed by atoms with Gasteiger partial charge in [-0.25, -0.2) is 13.2 Å². The Hall–Kier alpha value is -3.91. The predicted molar refractivity (Wildman–Crippen MR) is 132 cm³/mol. The summed E-state index contributed by atoms with van der Waals surface area (Å²) < 4.78 is 32.2. The highest BCUT2D eigenvalue weighted by Crippen LogP contribution is 2.44. The number of benzene rings is 3. The number of sulfone groups is 1. The molecular weight excluding hydrogens is 466 g/mol. The fraction of sp³-hybridized carbons (Fsp3) is 0.185. The largest absolute Gasteiger partial charge is 0.502 e. The lowest BCUT2D eigenvalue weighted by Gasteiger charge is -2.27. The van der Waals surface area contributed by atoms with Crippen molar-refractivity contribution in [1.82, 2.24) is 0 Å². The molecule has 1 N–H and O–H groups in total. The Morgan fingerprint density at radius 2 is 1.57 bits per heavy atom. The minimum atomic E-state index is -4.24. The summed E-state index contributed by atoms with van der Waals surface area (Å²) in [7, 11) is -2.98. The van der Waals surface area contributed by atoms with E-state index in [-0.39, 0.29) is 10.5 Å². The zero-order chi connectivity index (χ0) is 25.3. The van der Waals surface area contributed by atoms with Crippen LogP contribution in [0.2, 0.25) is 0 Å². The fourth-order valence-electron chi connectivity index (χ4n) is 4.08. The summed E-state index contributed by atoms with van der Waals surface area (Å²) in [5.74, 6) is -2.19. The second-order valence-electron chi connectivity index (χ2n) is 8.24. The number of hydrogen-bond acceptors (Lipinski definition) is 6. The number of carbonyl (C=O) groups excluding carboxylic acids is 2. The van der Waals surface area contributed by atoms with Gasteiger partial charge >= 0.3 is 5.97 Å². The van der Waals surface area contributed by atoms with Gasteiger partial charge in [-0.1, -0.05) is 48.9 Å². The van der Waals surface area contributed by atoms with Crippen LogP contribution in [0.3, 0.4) is 0 Å². The van der Waals surface area contributed by atoms with Crippen molar-refractivity contribution >= 4 is 27.4 Å². The molecule has 3 aromatic rings. The van der Waals surface area contributed by atoms with E-state index in [0.717, 1.165) is 17.5 Å². The lowest BCUT2D eigenvalue weighted by atomic mass is 10.0. The molecule has 0 saturated carbocycles. The van der Waals surface area contributed by atoms with Gasteiger partial charge in [-0.15, -0.1) is 0 Å². The number of aryl methyl sites for hydroxylation is 2.